The van der Waals surface area contributed by atoms with Gasteiger partial charge in [0.15, 0.2) is 11.5 Å². The predicted octanol–water partition coefficient (Wildman–Crippen LogP) is 2.70. The van der Waals surface area contributed by atoms with Crippen LogP contribution in [-0.4, -0.2) is 38.5 Å². The van der Waals surface area contributed by atoms with Gasteiger partial charge >= 0.3 is 0 Å². The Morgan fingerprint density at radius 1 is 1.14 bits per heavy atom. The summed E-state index contributed by atoms with van der Waals surface area (Å²) in [6, 6.07) is 13.1. The minimum absolute atomic E-state index is 0.106. The second-order valence-corrected chi connectivity index (χ2v) is 6.91. The highest BCUT2D eigenvalue weighted by atomic mass is 16.7. The molecule has 7 heteroatoms. The lowest BCUT2D eigenvalue weighted by Gasteiger charge is -2.34. The average molecular weight is 384 g/mol. The summed E-state index contributed by atoms with van der Waals surface area (Å²) in [5, 5.41) is 6.25. The Kier molecular flexibility index (Phi) is 5.36. The Hall–Kier alpha value is -2.77. The second kappa shape index (κ2) is 8.08. The molecule has 0 spiro atoms. The van der Waals surface area contributed by atoms with Gasteiger partial charge in [-0.3, -0.25) is 4.79 Å². The summed E-state index contributed by atoms with van der Waals surface area (Å²) in [5.41, 5.74) is 0.906. The monoisotopic (exact) mass is 384 g/mol. The molecule has 4 rings (SSSR count). The summed E-state index contributed by atoms with van der Waals surface area (Å²) in [4.78, 5) is 12.8. The first-order chi connectivity index (χ1) is 13.7. The van der Waals surface area contributed by atoms with Gasteiger partial charge in [0.2, 0.25) is 6.79 Å². The van der Waals surface area contributed by atoms with E-state index in [1.807, 2.05) is 42.5 Å². The number of anilines is 1. The van der Waals surface area contributed by atoms with Crippen LogP contribution in [0.5, 0.6) is 17.2 Å². The molecule has 2 aliphatic heterocycles. The smallest absolute Gasteiger partial charge is 0.256 e. The summed E-state index contributed by atoms with van der Waals surface area (Å²) in [6.07, 6.45) is 1.31. The highest BCUT2D eigenvalue weighted by molar-refractivity contribution is 5.97. The fourth-order valence-corrected chi connectivity index (χ4v) is 3.47. The van der Waals surface area contributed by atoms with Gasteiger partial charge in [0.05, 0.1) is 0 Å². The molecular formula is C21H24N2O5. The van der Waals surface area contributed by atoms with Crippen molar-refractivity contribution in [1.82, 2.24) is 5.32 Å². The first-order valence-corrected chi connectivity index (χ1v) is 9.37. The van der Waals surface area contributed by atoms with Gasteiger partial charge in [0, 0.05) is 18.9 Å². The number of fused-ring (bicyclic) bond motifs is 1. The van der Waals surface area contributed by atoms with Crippen molar-refractivity contribution in [3.05, 3.63) is 48.0 Å². The molecule has 0 radical (unpaired) electrons. The van der Waals surface area contributed by atoms with Gasteiger partial charge in [-0.25, -0.2) is 0 Å². The van der Waals surface area contributed by atoms with Gasteiger partial charge in [-0.2, -0.15) is 0 Å². The number of nitrogens with one attached hydrogen (secondary N) is 2. The number of methoxy groups -OCH3 is 1. The molecule has 148 valence electrons. The van der Waals surface area contributed by atoms with Crippen LogP contribution in [-0.2, 0) is 16.1 Å². The van der Waals surface area contributed by atoms with Crippen LogP contribution in [0.4, 0.5) is 5.69 Å². The topological polar surface area (TPSA) is 78.1 Å². The van der Waals surface area contributed by atoms with E-state index in [9.17, 15) is 4.79 Å². The van der Waals surface area contributed by atoms with E-state index in [0.717, 1.165) is 30.1 Å². The number of carbonyl (C=O) groups excluding carboxylic acids is 1. The normalized spacial score (nSPS) is 17.2. The zero-order valence-corrected chi connectivity index (χ0v) is 15.8. The minimum atomic E-state index is -0.774. The van der Waals surface area contributed by atoms with E-state index >= 15 is 0 Å². The molecule has 7 nitrogen and oxygen atoms in total. The Labute approximate surface area is 163 Å². The predicted molar refractivity (Wildman–Crippen MR) is 104 cm³/mol. The fraction of sp³-hybridized carbons (Fsp3) is 0.381. The van der Waals surface area contributed by atoms with Gasteiger partial charge in [0.25, 0.3) is 5.91 Å². The molecule has 2 N–H and O–H groups in total. The molecule has 2 aliphatic rings. The number of piperidine rings is 1. The van der Waals surface area contributed by atoms with Crippen LogP contribution in [0.3, 0.4) is 0 Å². The highest BCUT2D eigenvalue weighted by Crippen LogP contribution is 2.35. The van der Waals surface area contributed by atoms with Crippen molar-refractivity contribution in [3.63, 3.8) is 0 Å². The maximum absolute atomic E-state index is 12.8. The van der Waals surface area contributed by atoms with Crippen molar-refractivity contribution >= 4 is 11.6 Å². The minimum Gasteiger partial charge on any atom is -0.489 e. The summed E-state index contributed by atoms with van der Waals surface area (Å²) in [7, 11) is 1.60. The van der Waals surface area contributed by atoms with Crippen LogP contribution in [0, 0.1) is 0 Å². The van der Waals surface area contributed by atoms with E-state index in [0.29, 0.717) is 30.9 Å². The number of carbonyl (C=O) groups is 1. The Balaban J connectivity index is 1.39. The van der Waals surface area contributed by atoms with Crippen LogP contribution in [0.1, 0.15) is 18.4 Å². The van der Waals surface area contributed by atoms with Gasteiger partial charge in [-0.1, -0.05) is 12.1 Å². The SMILES string of the molecule is COC1(C(=O)Nc2cccc(COc3ccc4c(c3)OCO4)c2)CCNCC1. The third-order valence-electron chi connectivity index (χ3n) is 5.15. The third-order valence-corrected chi connectivity index (χ3v) is 5.15. The van der Waals surface area contributed by atoms with Crippen LogP contribution < -0.4 is 24.8 Å². The van der Waals surface area contributed by atoms with Gasteiger partial charge < -0.3 is 29.6 Å². The summed E-state index contributed by atoms with van der Waals surface area (Å²) in [5.74, 6) is 2.00. The zero-order valence-electron chi connectivity index (χ0n) is 15.8. The number of ether oxygens (including phenoxy) is 4. The zero-order chi connectivity index (χ0) is 19.4. The number of hydrogen-bond acceptors (Lipinski definition) is 6. The lowest BCUT2D eigenvalue weighted by atomic mass is 9.91. The van der Waals surface area contributed by atoms with Crippen LogP contribution in [0.25, 0.3) is 0 Å². The summed E-state index contributed by atoms with van der Waals surface area (Å²) < 4.78 is 22.1. The molecule has 0 aromatic heterocycles. The molecule has 0 saturated carbocycles. The molecule has 0 atom stereocenters. The summed E-state index contributed by atoms with van der Waals surface area (Å²) in [6.45, 7) is 2.15. The van der Waals surface area contributed by atoms with Gasteiger partial charge in [0.1, 0.15) is 18.0 Å². The largest absolute Gasteiger partial charge is 0.489 e. The van der Waals surface area contributed by atoms with Crippen molar-refractivity contribution in [2.45, 2.75) is 25.0 Å². The van der Waals surface area contributed by atoms with E-state index in [2.05, 4.69) is 10.6 Å². The van der Waals surface area contributed by atoms with E-state index in [1.165, 1.54) is 0 Å². The van der Waals surface area contributed by atoms with Crippen molar-refractivity contribution in [2.75, 3.05) is 32.3 Å². The lowest BCUT2D eigenvalue weighted by molar-refractivity contribution is -0.140. The van der Waals surface area contributed by atoms with Crippen molar-refractivity contribution in [3.8, 4) is 17.2 Å². The van der Waals surface area contributed by atoms with Gasteiger partial charge in [-0.15, -0.1) is 0 Å². The van der Waals surface area contributed by atoms with Crippen molar-refractivity contribution in [2.24, 2.45) is 0 Å². The van der Waals surface area contributed by atoms with Crippen molar-refractivity contribution in [1.29, 1.82) is 0 Å². The Morgan fingerprint density at radius 3 is 2.79 bits per heavy atom. The maximum Gasteiger partial charge on any atom is 0.256 e. The Bertz CT molecular complexity index is 848. The van der Waals surface area contributed by atoms with E-state index in [4.69, 9.17) is 18.9 Å². The molecule has 28 heavy (non-hydrogen) atoms. The molecule has 1 amide bonds. The number of amides is 1. The molecule has 1 saturated heterocycles. The van der Waals surface area contributed by atoms with E-state index in [-0.39, 0.29) is 12.7 Å². The number of rotatable bonds is 6. The first kappa shape index (κ1) is 18.6. The molecular weight excluding hydrogens is 360 g/mol. The Morgan fingerprint density at radius 2 is 1.96 bits per heavy atom. The van der Waals surface area contributed by atoms with E-state index in [1.54, 1.807) is 7.11 Å². The fourth-order valence-electron chi connectivity index (χ4n) is 3.47. The molecule has 0 unspecified atom stereocenters. The lowest BCUT2D eigenvalue weighted by Crippen LogP contribution is -2.51. The van der Waals surface area contributed by atoms with E-state index < -0.39 is 5.60 Å². The average Bonchev–Trinajstić information content (AvgIpc) is 3.21. The third kappa shape index (κ3) is 3.90. The van der Waals surface area contributed by atoms with Crippen LogP contribution >= 0.6 is 0 Å². The standard InChI is InChI=1S/C21H24N2O5/c1-25-21(7-9-22-10-8-21)20(24)23-16-4-2-3-15(11-16)13-26-17-5-6-18-19(12-17)28-14-27-18/h2-6,11-12,22H,7-10,13-14H2,1H3,(H,23,24). The van der Waals surface area contributed by atoms with Crippen LogP contribution in [0.2, 0.25) is 0 Å². The summed E-state index contributed by atoms with van der Waals surface area (Å²) >= 11 is 0. The molecule has 2 aromatic rings. The van der Waals surface area contributed by atoms with Crippen molar-refractivity contribution < 1.29 is 23.7 Å². The highest BCUT2D eigenvalue weighted by Gasteiger charge is 2.39. The molecule has 2 aromatic carbocycles. The molecule has 0 aliphatic carbocycles. The quantitative estimate of drug-likeness (QED) is 0.797. The van der Waals surface area contributed by atoms with Crippen LogP contribution in [0.15, 0.2) is 42.5 Å². The molecule has 0 bridgehead atoms. The molecule has 1 fully saturated rings. The second-order valence-electron chi connectivity index (χ2n) is 6.91. The number of hydrogen-bond donors (Lipinski definition) is 2. The molecule has 2 heterocycles. The maximum atomic E-state index is 12.8. The van der Waals surface area contributed by atoms with Gasteiger partial charge in [-0.05, 0) is 55.8 Å². The number of benzene rings is 2. The first-order valence-electron chi connectivity index (χ1n) is 9.37.